The van der Waals surface area contributed by atoms with Gasteiger partial charge in [0.05, 0.1) is 24.6 Å². The van der Waals surface area contributed by atoms with Crippen molar-refractivity contribution in [2.45, 2.75) is 36.7 Å². The highest BCUT2D eigenvalue weighted by Crippen LogP contribution is 2.17. The number of hydrogen-bond acceptors (Lipinski definition) is 6. The Bertz CT molecular complexity index is 856. The molecule has 3 amide bonds. The molecule has 2 atom stereocenters. The van der Waals surface area contributed by atoms with Gasteiger partial charge in [0, 0.05) is 13.6 Å². The molecule has 0 aliphatic carbocycles. The highest BCUT2D eigenvalue weighted by molar-refractivity contribution is 7.89. The zero-order valence-electron chi connectivity index (χ0n) is 16.6. The van der Waals surface area contributed by atoms with Crippen molar-refractivity contribution in [3.8, 4) is 5.75 Å². The summed E-state index contributed by atoms with van der Waals surface area (Å²) in [5, 5.41) is 4.94. The van der Waals surface area contributed by atoms with E-state index in [4.69, 9.17) is 4.74 Å². The first kappa shape index (κ1) is 22.6. The van der Waals surface area contributed by atoms with Gasteiger partial charge < -0.3 is 20.3 Å². The quantitative estimate of drug-likeness (QED) is 0.499. The number of hydrogen-bond donors (Lipinski definition) is 3. The monoisotopic (exact) mass is 426 g/mol. The van der Waals surface area contributed by atoms with Crippen LogP contribution in [0.5, 0.6) is 5.75 Å². The van der Waals surface area contributed by atoms with Gasteiger partial charge in [-0.05, 0) is 44.0 Å². The van der Waals surface area contributed by atoms with E-state index < -0.39 is 33.9 Å². The van der Waals surface area contributed by atoms with E-state index >= 15 is 0 Å². The Balaban J connectivity index is 1.91. The van der Waals surface area contributed by atoms with Crippen molar-refractivity contribution in [1.29, 1.82) is 0 Å². The summed E-state index contributed by atoms with van der Waals surface area (Å²) < 4.78 is 32.0. The molecule has 0 spiro atoms. The largest absolute Gasteiger partial charge is 0.497 e. The van der Waals surface area contributed by atoms with Gasteiger partial charge in [0.15, 0.2) is 0 Å². The molecule has 11 heteroatoms. The molecule has 1 aliphatic rings. The van der Waals surface area contributed by atoms with E-state index in [2.05, 4.69) is 15.4 Å². The SMILES string of the molecule is CNC(=O)C1CCCN1C(=O)CNC(=O)[C@H](C)NS(=O)(=O)c1ccc(OC)cc1. The van der Waals surface area contributed by atoms with Gasteiger partial charge in [0.25, 0.3) is 0 Å². The summed E-state index contributed by atoms with van der Waals surface area (Å²) in [6.45, 7) is 1.50. The maximum Gasteiger partial charge on any atom is 0.242 e. The molecule has 1 aromatic rings. The minimum Gasteiger partial charge on any atom is -0.497 e. The predicted octanol–water partition coefficient (Wildman–Crippen LogP) is -0.785. The topological polar surface area (TPSA) is 134 Å². The van der Waals surface area contributed by atoms with E-state index in [9.17, 15) is 22.8 Å². The van der Waals surface area contributed by atoms with Crippen molar-refractivity contribution in [3.63, 3.8) is 0 Å². The summed E-state index contributed by atoms with van der Waals surface area (Å²) >= 11 is 0. The van der Waals surface area contributed by atoms with Gasteiger partial charge in [-0.25, -0.2) is 8.42 Å². The molecule has 1 heterocycles. The van der Waals surface area contributed by atoms with Crippen LogP contribution in [0.15, 0.2) is 29.2 Å². The molecular weight excluding hydrogens is 400 g/mol. The third-order valence-corrected chi connectivity index (χ3v) is 6.19. The minimum atomic E-state index is -3.92. The van der Waals surface area contributed by atoms with Crippen LogP contribution >= 0.6 is 0 Å². The third kappa shape index (κ3) is 5.67. The average molecular weight is 426 g/mol. The van der Waals surface area contributed by atoms with Gasteiger partial charge in [0.2, 0.25) is 27.7 Å². The molecule has 1 aromatic carbocycles. The van der Waals surface area contributed by atoms with E-state index in [1.807, 2.05) is 0 Å². The number of sulfonamides is 1. The van der Waals surface area contributed by atoms with Crippen LogP contribution < -0.4 is 20.1 Å². The number of rotatable bonds is 8. The lowest BCUT2D eigenvalue weighted by molar-refractivity contribution is -0.138. The van der Waals surface area contributed by atoms with Crippen molar-refractivity contribution >= 4 is 27.7 Å². The molecule has 1 saturated heterocycles. The van der Waals surface area contributed by atoms with Crippen molar-refractivity contribution in [2.75, 3.05) is 27.2 Å². The van der Waals surface area contributed by atoms with Gasteiger partial charge >= 0.3 is 0 Å². The molecule has 10 nitrogen and oxygen atoms in total. The molecule has 1 unspecified atom stereocenters. The molecule has 0 bridgehead atoms. The Kier molecular flexibility index (Phi) is 7.57. The second-order valence-corrected chi connectivity index (χ2v) is 8.31. The molecular formula is C18H26N4O6S. The van der Waals surface area contributed by atoms with E-state index in [0.717, 1.165) is 0 Å². The molecule has 0 aromatic heterocycles. The normalized spacial score (nSPS) is 17.5. The Morgan fingerprint density at radius 2 is 1.90 bits per heavy atom. The number of likely N-dealkylation sites (N-methyl/N-ethyl adjacent to an activating group) is 1. The highest BCUT2D eigenvalue weighted by atomic mass is 32.2. The number of nitrogens with zero attached hydrogens (tertiary/aromatic N) is 1. The van der Waals surface area contributed by atoms with E-state index in [0.29, 0.717) is 25.1 Å². The summed E-state index contributed by atoms with van der Waals surface area (Å²) in [5.41, 5.74) is 0. The molecule has 3 N–H and O–H groups in total. The molecule has 1 aliphatic heterocycles. The van der Waals surface area contributed by atoms with Crippen molar-refractivity contribution in [2.24, 2.45) is 0 Å². The minimum absolute atomic E-state index is 0.0143. The van der Waals surface area contributed by atoms with Crippen LogP contribution in [0.1, 0.15) is 19.8 Å². The van der Waals surface area contributed by atoms with E-state index in [1.54, 1.807) is 0 Å². The fourth-order valence-corrected chi connectivity index (χ4v) is 4.23. The van der Waals surface area contributed by atoms with Crippen molar-refractivity contribution in [1.82, 2.24) is 20.3 Å². The molecule has 0 radical (unpaired) electrons. The Hall–Kier alpha value is -2.66. The maximum atomic E-state index is 12.4. The number of ether oxygens (including phenoxy) is 1. The summed E-state index contributed by atoms with van der Waals surface area (Å²) in [5.74, 6) is -0.784. The number of carbonyl (C=O) groups is 3. The lowest BCUT2D eigenvalue weighted by Gasteiger charge is -2.24. The number of likely N-dealkylation sites (tertiary alicyclic amines) is 1. The second-order valence-electron chi connectivity index (χ2n) is 6.60. The van der Waals surface area contributed by atoms with Crippen LogP contribution in [0.4, 0.5) is 0 Å². The average Bonchev–Trinajstić information content (AvgIpc) is 3.20. The highest BCUT2D eigenvalue weighted by Gasteiger charge is 2.33. The number of methoxy groups -OCH3 is 1. The van der Waals surface area contributed by atoms with Crippen LogP contribution in [0.25, 0.3) is 0 Å². The zero-order valence-corrected chi connectivity index (χ0v) is 17.4. The first-order valence-corrected chi connectivity index (χ1v) is 10.6. The molecule has 2 rings (SSSR count). The molecule has 29 heavy (non-hydrogen) atoms. The number of carbonyl (C=O) groups excluding carboxylic acids is 3. The fourth-order valence-electron chi connectivity index (χ4n) is 3.03. The number of amides is 3. The van der Waals surface area contributed by atoms with Gasteiger partial charge in [-0.2, -0.15) is 4.72 Å². The Morgan fingerprint density at radius 1 is 1.24 bits per heavy atom. The van der Waals surface area contributed by atoms with Crippen LogP contribution in [0.2, 0.25) is 0 Å². The van der Waals surface area contributed by atoms with E-state index in [1.165, 1.54) is 50.2 Å². The standard InChI is InChI=1S/C18H26N4O6S/c1-12(21-29(26,27)14-8-6-13(28-3)7-9-14)17(24)20-11-16(23)22-10-4-5-15(22)18(25)19-2/h6-9,12,15,21H,4-5,10-11H2,1-3H3,(H,19,25)(H,20,24)/t12-,15?/m0/s1. The van der Waals surface area contributed by atoms with Crippen molar-refractivity contribution < 1.29 is 27.5 Å². The third-order valence-electron chi connectivity index (χ3n) is 4.63. The first-order valence-electron chi connectivity index (χ1n) is 9.14. The lowest BCUT2D eigenvalue weighted by Crippen LogP contribution is -2.51. The fraction of sp³-hybridized carbons (Fsp3) is 0.500. The van der Waals surface area contributed by atoms with Crippen LogP contribution in [-0.4, -0.2) is 70.4 Å². The van der Waals surface area contributed by atoms with Crippen molar-refractivity contribution in [3.05, 3.63) is 24.3 Å². The molecule has 0 saturated carbocycles. The summed E-state index contributed by atoms with van der Waals surface area (Å²) in [7, 11) is -0.953. The Morgan fingerprint density at radius 3 is 2.48 bits per heavy atom. The summed E-state index contributed by atoms with van der Waals surface area (Å²) in [4.78, 5) is 37.8. The lowest BCUT2D eigenvalue weighted by atomic mass is 10.2. The summed E-state index contributed by atoms with van der Waals surface area (Å²) in [6, 6.07) is 4.08. The Labute approximate surface area is 170 Å². The van der Waals surface area contributed by atoms with Gasteiger partial charge in [0.1, 0.15) is 11.8 Å². The molecule has 1 fully saturated rings. The second kappa shape index (κ2) is 9.70. The van der Waals surface area contributed by atoms with Crippen LogP contribution in [-0.2, 0) is 24.4 Å². The van der Waals surface area contributed by atoms with Gasteiger partial charge in [-0.15, -0.1) is 0 Å². The van der Waals surface area contributed by atoms with E-state index in [-0.39, 0.29) is 17.3 Å². The zero-order chi connectivity index (χ0) is 21.6. The smallest absolute Gasteiger partial charge is 0.242 e. The van der Waals surface area contributed by atoms with Crippen LogP contribution in [0, 0.1) is 0 Å². The summed E-state index contributed by atoms with van der Waals surface area (Å²) in [6.07, 6.45) is 1.27. The van der Waals surface area contributed by atoms with Crippen LogP contribution in [0.3, 0.4) is 0 Å². The predicted molar refractivity (Wildman–Crippen MR) is 105 cm³/mol. The maximum absolute atomic E-state index is 12.4. The number of nitrogens with one attached hydrogen (secondary N) is 3. The first-order chi connectivity index (χ1) is 13.7. The van der Waals surface area contributed by atoms with Gasteiger partial charge in [-0.3, -0.25) is 14.4 Å². The molecule has 160 valence electrons. The van der Waals surface area contributed by atoms with Gasteiger partial charge in [-0.1, -0.05) is 0 Å². The number of benzene rings is 1.